The first-order valence-electron chi connectivity index (χ1n) is 13.1. The van der Waals surface area contributed by atoms with Crippen molar-refractivity contribution in [1.82, 2.24) is 15.5 Å². The third-order valence-corrected chi connectivity index (χ3v) is 5.68. The Bertz CT molecular complexity index is 863. The molecular weight excluding hydrogens is 458 g/mol. The number of alkyl carbamates (subject to hydrolysis) is 1. The third-order valence-electron chi connectivity index (χ3n) is 5.68. The zero-order chi connectivity index (χ0) is 27.5. The Kier molecular flexibility index (Phi) is 12.9. The monoisotopic (exact) mass is 505 g/mol. The number of aliphatic hydroxyl groups is 1. The molecule has 3 amide bonds. The Morgan fingerprint density at radius 3 is 2.22 bits per heavy atom. The molecule has 0 saturated carbocycles. The van der Waals surface area contributed by atoms with Crippen LogP contribution in [0.4, 0.5) is 4.79 Å². The Morgan fingerprint density at radius 1 is 1.03 bits per heavy atom. The molecule has 2 unspecified atom stereocenters. The van der Waals surface area contributed by atoms with E-state index in [1.807, 2.05) is 45.9 Å². The van der Waals surface area contributed by atoms with Crippen molar-refractivity contribution in [3.63, 3.8) is 0 Å². The number of aryl methyl sites for hydroxylation is 2. The number of carbonyl (C=O) groups is 3. The molecule has 0 fully saturated rings. The fraction of sp³-hybridized carbons (Fsp3) is 0.679. The first kappa shape index (κ1) is 31.4. The van der Waals surface area contributed by atoms with Crippen molar-refractivity contribution in [3.05, 3.63) is 34.9 Å². The first-order valence-corrected chi connectivity index (χ1v) is 13.1. The largest absolute Gasteiger partial charge is 0.444 e. The number of hydrogen-bond donors (Lipinski definition) is 3. The maximum absolute atomic E-state index is 13.8. The number of carbonyl (C=O) groups excluding carboxylic acids is 3. The number of nitrogens with one attached hydrogen (secondary N) is 2. The summed E-state index contributed by atoms with van der Waals surface area (Å²) in [6.07, 6.45) is 4.04. The fourth-order valence-electron chi connectivity index (χ4n) is 3.96. The summed E-state index contributed by atoms with van der Waals surface area (Å²) in [5, 5.41) is 15.5. The molecule has 36 heavy (non-hydrogen) atoms. The standard InChI is InChI=1S/C28H47N3O5/c1-9-10-11-12-13-16-31(26(34)23(18-32)30-27(35)36-28(6,7)8)24(25(33)29-19(2)3)22-17-20(4)14-15-21(22)5/h14-15,17,19,23-24,32H,9-13,16,18H2,1-8H3,(H,29,33)(H,30,35). The van der Waals surface area contributed by atoms with E-state index in [1.165, 1.54) is 4.90 Å². The Labute approximate surface area is 217 Å². The van der Waals surface area contributed by atoms with Gasteiger partial charge in [-0.2, -0.15) is 0 Å². The summed E-state index contributed by atoms with van der Waals surface area (Å²) in [4.78, 5) is 41.3. The topological polar surface area (TPSA) is 108 Å². The number of unbranched alkanes of at least 4 members (excludes halogenated alkanes) is 4. The van der Waals surface area contributed by atoms with Crippen molar-refractivity contribution in [2.75, 3.05) is 13.2 Å². The number of nitrogens with zero attached hydrogens (tertiary/aromatic N) is 1. The summed E-state index contributed by atoms with van der Waals surface area (Å²) in [6, 6.07) is 3.56. The van der Waals surface area contributed by atoms with Gasteiger partial charge in [-0.05, 0) is 66.0 Å². The van der Waals surface area contributed by atoms with Crippen LogP contribution in [0, 0.1) is 13.8 Å². The molecule has 0 radical (unpaired) electrons. The van der Waals surface area contributed by atoms with E-state index < -0.39 is 36.3 Å². The lowest BCUT2D eigenvalue weighted by Gasteiger charge is -2.35. The van der Waals surface area contributed by atoms with E-state index in [1.54, 1.807) is 20.8 Å². The zero-order valence-electron chi connectivity index (χ0n) is 23.4. The van der Waals surface area contributed by atoms with Gasteiger partial charge >= 0.3 is 6.09 Å². The lowest BCUT2D eigenvalue weighted by molar-refractivity contribution is -0.143. The van der Waals surface area contributed by atoms with E-state index >= 15 is 0 Å². The minimum Gasteiger partial charge on any atom is -0.444 e. The van der Waals surface area contributed by atoms with E-state index in [9.17, 15) is 19.5 Å². The number of benzene rings is 1. The Morgan fingerprint density at radius 2 is 1.67 bits per heavy atom. The van der Waals surface area contributed by atoms with Crippen LogP contribution in [0.2, 0.25) is 0 Å². The predicted octanol–water partition coefficient (Wildman–Crippen LogP) is 4.55. The van der Waals surface area contributed by atoms with Crippen molar-refractivity contribution in [1.29, 1.82) is 0 Å². The van der Waals surface area contributed by atoms with Crippen LogP contribution in [-0.2, 0) is 14.3 Å². The molecule has 1 aromatic rings. The second kappa shape index (κ2) is 14.8. The van der Waals surface area contributed by atoms with E-state index in [2.05, 4.69) is 17.6 Å². The van der Waals surface area contributed by atoms with Crippen LogP contribution in [0.1, 0.15) is 96.4 Å². The molecule has 0 aliphatic rings. The van der Waals surface area contributed by atoms with Crippen molar-refractivity contribution in [2.24, 2.45) is 0 Å². The molecule has 204 valence electrons. The molecule has 1 aromatic carbocycles. The van der Waals surface area contributed by atoms with Gasteiger partial charge in [0.25, 0.3) is 0 Å². The summed E-state index contributed by atoms with van der Waals surface area (Å²) < 4.78 is 5.29. The van der Waals surface area contributed by atoms with Crippen molar-refractivity contribution < 1.29 is 24.2 Å². The van der Waals surface area contributed by atoms with E-state index in [0.717, 1.165) is 42.4 Å². The van der Waals surface area contributed by atoms with Gasteiger partial charge < -0.3 is 25.4 Å². The normalized spacial score (nSPS) is 13.2. The summed E-state index contributed by atoms with van der Waals surface area (Å²) in [6.45, 7) is 14.6. The Balaban J connectivity index is 3.43. The van der Waals surface area contributed by atoms with Gasteiger partial charge in [-0.1, -0.05) is 56.4 Å². The van der Waals surface area contributed by atoms with Gasteiger partial charge in [0.15, 0.2) is 0 Å². The number of aliphatic hydroxyl groups excluding tert-OH is 1. The van der Waals surface area contributed by atoms with Crippen LogP contribution in [0.5, 0.6) is 0 Å². The molecule has 8 nitrogen and oxygen atoms in total. The van der Waals surface area contributed by atoms with Crippen molar-refractivity contribution in [2.45, 2.75) is 111 Å². The van der Waals surface area contributed by atoms with Crippen LogP contribution in [0.15, 0.2) is 18.2 Å². The number of rotatable bonds is 13. The maximum Gasteiger partial charge on any atom is 0.408 e. The quantitative estimate of drug-likeness (QED) is 0.341. The van der Waals surface area contributed by atoms with E-state index in [0.29, 0.717) is 13.0 Å². The van der Waals surface area contributed by atoms with Gasteiger partial charge in [-0.15, -0.1) is 0 Å². The molecule has 2 atom stereocenters. The molecule has 0 aliphatic heterocycles. The molecule has 1 rings (SSSR count). The Hall–Kier alpha value is -2.61. The van der Waals surface area contributed by atoms with Gasteiger partial charge in [-0.25, -0.2) is 4.79 Å². The summed E-state index contributed by atoms with van der Waals surface area (Å²) in [5.41, 5.74) is 1.82. The second-order valence-electron chi connectivity index (χ2n) is 10.8. The van der Waals surface area contributed by atoms with Crippen LogP contribution in [0.3, 0.4) is 0 Å². The summed E-state index contributed by atoms with van der Waals surface area (Å²) in [5.74, 6) is -0.821. The molecule has 0 aliphatic carbocycles. The highest BCUT2D eigenvalue weighted by atomic mass is 16.6. The molecule has 0 bridgehead atoms. The predicted molar refractivity (Wildman–Crippen MR) is 143 cm³/mol. The minimum absolute atomic E-state index is 0.125. The molecular formula is C28H47N3O5. The first-order chi connectivity index (χ1) is 16.8. The fourth-order valence-corrected chi connectivity index (χ4v) is 3.96. The average Bonchev–Trinajstić information content (AvgIpc) is 2.76. The van der Waals surface area contributed by atoms with Crippen LogP contribution in [0.25, 0.3) is 0 Å². The van der Waals surface area contributed by atoms with Crippen LogP contribution in [-0.4, -0.2) is 58.8 Å². The zero-order valence-corrected chi connectivity index (χ0v) is 23.4. The number of amides is 3. The molecule has 0 spiro atoms. The highest BCUT2D eigenvalue weighted by molar-refractivity contribution is 5.92. The minimum atomic E-state index is -1.24. The SMILES string of the molecule is CCCCCCCN(C(=O)C(CO)NC(=O)OC(C)(C)C)C(C(=O)NC(C)C)c1cc(C)ccc1C. The van der Waals surface area contributed by atoms with Gasteiger partial charge in [-0.3, -0.25) is 9.59 Å². The third kappa shape index (κ3) is 10.6. The smallest absolute Gasteiger partial charge is 0.408 e. The highest BCUT2D eigenvalue weighted by Gasteiger charge is 2.36. The average molecular weight is 506 g/mol. The van der Waals surface area contributed by atoms with Crippen LogP contribution < -0.4 is 10.6 Å². The lowest BCUT2D eigenvalue weighted by Crippen LogP contribution is -2.55. The van der Waals surface area contributed by atoms with Gasteiger partial charge in [0.1, 0.15) is 17.7 Å². The van der Waals surface area contributed by atoms with Crippen LogP contribution >= 0.6 is 0 Å². The lowest BCUT2D eigenvalue weighted by atomic mass is 9.95. The summed E-state index contributed by atoms with van der Waals surface area (Å²) in [7, 11) is 0. The molecule has 0 aromatic heterocycles. The van der Waals surface area contributed by atoms with Gasteiger partial charge in [0.05, 0.1) is 6.61 Å². The molecule has 0 saturated heterocycles. The van der Waals surface area contributed by atoms with Crippen molar-refractivity contribution in [3.8, 4) is 0 Å². The highest BCUT2D eigenvalue weighted by Crippen LogP contribution is 2.27. The van der Waals surface area contributed by atoms with Crippen molar-refractivity contribution >= 4 is 17.9 Å². The summed E-state index contributed by atoms with van der Waals surface area (Å²) >= 11 is 0. The number of ether oxygens (including phenoxy) is 1. The van der Waals surface area contributed by atoms with E-state index in [4.69, 9.17) is 4.74 Å². The second-order valence-corrected chi connectivity index (χ2v) is 10.8. The van der Waals surface area contributed by atoms with Gasteiger partial charge in [0.2, 0.25) is 11.8 Å². The molecule has 8 heteroatoms. The molecule has 3 N–H and O–H groups in total. The van der Waals surface area contributed by atoms with Gasteiger partial charge in [0, 0.05) is 12.6 Å². The van der Waals surface area contributed by atoms with E-state index in [-0.39, 0.29) is 11.9 Å². The maximum atomic E-state index is 13.8. The number of hydrogen-bond acceptors (Lipinski definition) is 5. The molecule has 0 heterocycles.